The van der Waals surface area contributed by atoms with Crippen molar-refractivity contribution in [1.29, 1.82) is 0 Å². The van der Waals surface area contributed by atoms with Gasteiger partial charge >= 0.3 is 5.97 Å². The molecule has 0 radical (unpaired) electrons. The number of rotatable bonds is 5. The van der Waals surface area contributed by atoms with Gasteiger partial charge in [0.15, 0.2) is 0 Å². The molecule has 2 aromatic rings. The Morgan fingerprint density at radius 2 is 2.00 bits per heavy atom. The number of ether oxygens (including phenoxy) is 1. The molecule has 2 heterocycles. The lowest BCUT2D eigenvalue weighted by atomic mass is 9.45. The molecule has 1 aromatic heterocycles. The van der Waals surface area contributed by atoms with E-state index in [9.17, 15) is 9.59 Å². The van der Waals surface area contributed by atoms with Crippen LogP contribution in [0, 0.1) is 29.1 Å². The first kappa shape index (κ1) is 22.3. The van der Waals surface area contributed by atoms with Gasteiger partial charge in [0.05, 0.1) is 18.5 Å². The van der Waals surface area contributed by atoms with Crippen LogP contribution in [0.15, 0.2) is 24.3 Å². The van der Waals surface area contributed by atoms with Crippen LogP contribution in [0.2, 0.25) is 0 Å². The molecule has 1 aliphatic heterocycles. The first-order valence-electron chi connectivity index (χ1n) is 12.5. The molecule has 1 amide bonds. The average molecular weight is 452 g/mol. The maximum atomic E-state index is 13.1. The van der Waals surface area contributed by atoms with Crippen LogP contribution in [-0.4, -0.2) is 43.2 Å². The van der Waals surface area contributed by atoms with Gasteiger partial charge in [0, 0.05) is 37.8 Å². The Hall–Kier alpha value is -2.50. The second-order valence-corrected chi connectivity index (χ2v) is 11.1. The van der Waals surface area contributed by atoms with Gasteiger partial charge in [-0.1, -0.05) is 19.9 Å². The number of methoxy groups -OCH3 is 1. The molecule has 178 valence electrons. The normalized spacial score (nSPS) is 28.3. The Morgan fingerprint density at radius 3 is 2.73 bits per heavy atom. The lowest BCUT2D eigenvalue weighted by Gasteiger charge is -2.60. The minimum Gasteiger partial charge on any atom is -0.464 e. The molecule has 4 aliphatic rings. The summed E-state index contributed by atoms with van der Waals surface area (Å²) in [6.07, 6.45) is 5.89. The molecule has 0 unspecified atom stereocenters. The van der Waals surface area contributed by atoms with E-state index in [0.717, 1.165) is 60.9 Å². The van der Waals surface area contributed by atoms with E-state index in [0.29, 0.717) is 17.0 Å². The number of amides is 1. The fraction of sp³-hybridized carbons (Fsp3) is 0.630. The first-order valence-corrected chi connectivity index (χ1v) is 12.5. The van der Waals surface area contributed by atoms with Crippen LogP contribution in [0.5, 0.6) is 0 Å². The number of hydrogen-bond acceptors (Lipinski definition) is 4. The number of aromatic nitrogens is 1. The highest BCUT2D eigenvalue weighted by Crippen LogP contribution is 2.61. The molecule has 6 heteroatoms. The van der Waals surface area contributed by atoms with Crippen molar-refractivity contribution >= 4 is 28.5 Å². The van der Waals surface area contributed by atoms with E-state index in [-0.39, 0.29) is 17.8 Å². The molecule has 1 saturated heterocycles. The van der Waals surface area contributed by atoms with Gasteiger partial charge in [0.1, 0.15) is 5.69 Å². The molecule has 2 bridgehead atoms. The summed E-state index contributed by atoms with van der Waals surface area (Å²) in [4.78, 5) is 27.4. The van der Waals surface area contributed by atoms with Gasteiger partial charge in [-0.15, -0.1) is 0 Å². The predicted octanol–water partition coefficient (Wildman–Crippen LogP) is 4.37. The summed E-state index contributed by atoms with van der Waals surface area (Å²) < 4.78 is 6.79. The molecule has 1 aromatic carbocycles. The number of anilines is 1. The highest BCUT2D eigenvalue weighted by molar-refractivity contribution is 5.96. The Bertz CT molecular complexity index is 1070. The second-order valence-electron chi connectivity index (χ2n) is 11.1. The molecule has 6 rings (SSSR count). The Balaban J connectivity index is 1.24. The number of aryl methyl sites for hydroxylation is 1. The number of esters is 1. The zero-order valence-electron chi connectivity index (χ0n) is 20.4. The zero-order chi connectivity index (χ0) is 23.3. The number of fused-ring (bicyclic) bond motifs is 3. The number of hydrogen-bond donors (Lipinski definition) is 1. The molecule has 4 atom stereocenters. The summed E-state index contributed by atoms with van der Waals surface area (Å²) in [6, 6.07) is 8.14. The molecule has 0 spiro atoms. The van der Waals surface area contributed by atoms with E-state index in [1.165, 1.54) is 26.4 Å². The zero-order valence-corrected chi connectivity index (χ0v) is 20.4. The van der Waals surface area contributed by atoms with Gasteiger partial charge in [0.2, 0.25) is 5.91 Å². The number of nitrogens with zero attached hydrogens (tertiary/aromatic N) is 2. The van der Waals surface area contributed by atoms with Crippen LogP contribution in [-0.2, 0) is 16.6 Å². The number of piperidine rings is 1. The molecule has 3 saturated carbocycles. The van der Waals surface area contributed by atoms with Crippen molar-refractivity contribution in [3.05, 3.63) is 30.0 Å². The van der Waals surface area contributed by atoms with Crippen molar-refractivity contribution in [2.24, 2.45) is 36.1 Å². The lowest BCUT2D eigenvalue weighted by Crippen LogP contribution is -2.55. The van der Waals surface area contributed by atoms with Crippen molar-refractivity contribution < 1.29 is 14.3 Å². The van der Waals surface area contributed by atoms with Crippen LogP contribution in [0.4, 0.5) is 5.69 Å². The summed E-state index contributed by atoms with van der Waals surface area (Å²) in [5.74, 6) is 2.21. The van der Waals surface area contributed by atoms with Crippen LogP contribution >= 0.6 is 0 Å². The van der Waals surface area contributed by atoms with Gasteiger partial charge in [-0.05, 0) is 73.5 Å². The van der Waals surface area contributed by atoms with Crippen molar-refractivity contribution in [2.75, 3.05) is 31.6 Å². The summed E-state index contributed by atoms with van der Waals surface area (Å²) in [6.45, 7) is 7.35. The van der Waals surface area contributed by atoms with Gasteiger partial charge < -0.3 is 19.5 Å². The summed E-state index contributed by atoms with van der Waals surface area (Å²) in [7, 11) is 3.30. The second kappa shape index (κ2) is 8.37. The Labute approximate surface area is 196 Å². The third-order valence-corrected chi connectivity index (χ3v) is 9.12. The summed E-state index contributed by atoms with van der Waals surface area (Å²) in [5.41, 5.74) is 3.10. The average Bonchev–Trinajstić information content (AvgIpc) is 3.17. The number of nitrogens with one attached hydrogen (secondary N) is 1. The fourth-order valence-electron chi connectivity index (χ4n) is 6.82. The van der Waals surface area contributed by atoms with Crippen LogP contribution in [0.1, 0.15) is 56.4 Å². The van der Waals surface area contributed by atoms with E-state index in [1.807, 2.05) is 17.7 Å². The first-order chi connectivity index (χ1) is 15.8. The highest BCUT2D eigenvalue weighted by Gasteiger charge is 2.54. The van der Waals surface area contributed by atoms with Crippen LogP contribution in [0.3, 0.4) is 0 Å². The number of benzene rings is 1. The van der Waals surface area contributed by atoms with E-state index in [4.69, 9.17) is 4.74 Å². The van der Waals surface area contributed by atoms with E-state index < -0.39 is 0 Å². The van der Waals surface area contributed by atoms with Gasteiger partial charge in [0.25, 0.3) is 0 Å². The van der Waals surface area contributed by atoms with Crippen molar-refractivity contribution in [3.63, 3.8) is 0 Å². The van der Waals surface area contributed by atoms with E-state index in [2.05, 4.69) is 42.3 Å². The predicted molar refractivity (Wildman–Crippen MR) is 130 cm³/mol. The van der Waals surface area contributed by atoms with E-state index in [1.54, 1.807) is 0 Å². The maximum Gasteiger partial charge on any atom is 0.354 e. The molecule has 1 N–H and O–H groups in total. The largest absolute Gasteiger partial charge is 0.464 e. The molecular formula is C27H37N3O3. The van der Waals surface area contributed by atoms with Gasteiger partial charge in [-0.3, -0.25) is 4.79 Å². The minimum absolute atomic E-state index is 0.0271. The third-order valence-electron chi connectivity index (χ3n) is 9.12. The van der Waals surface area contributed by atoms with Crippen molar-refractivity contribution in [3.8, 4) is 0 Å². The number of carbonyl (C=O) groups excluding carboxylic acids is 2. The fourth-order valence-corrected chi connectivity index (χ4v) is 6.82. The molecule has 6 nitrogen and oxygen atoms in total. The van der Waals surface area contributed by atoms with Crippen LogP contribution in [0.25, 0.3) is 10.9 Å². The van der Waals surface area contributed by atoms with Crippen molar-refractivity contribution in [1.82, 2.24) is 9.88 Å². The quantitative estimate of drug-likeness (QED) is 0.686. The SMILES string of the molecule is COC(=O)c1cc2ccc(N3CCC[C@@H](C(=O)NC[C@@H]4CC[C@H]5C[C@H]4C5(C)C)C3)cc2n1C. The Morgan fingerprint density at radius 1 is 1.18 bits per heavy atom. The highest BCUT2D eigenvalue weighted by atomic mass is 16.5. The molecule has 33 heavy (non-hydrogen) atoms. The van der Waals surface area contributed by atoms with Crippen molar-refractivity contribution in [2.45, 2.75) is 46.0 Å². The minimum atomic E-state index is -0.330. The van der Waals surface area contributed by atoms with E-state index >= 15 is 0 Å². The smallest absolute Gasteiger partial charge is 0.354 e. The third kappa shape index (κ3) is 3.81. The van der Waals surface area contributed by atoms with Gasteiger partial charge in [-0.2, -0.15) is 0 Å². The summed E-state index contributed by atoms with van der Waals surface area (Å²) in [5, 5.41) is 4.34. The molecule has 3 aliphatic carbocycles. The lowest BCUT2D eigenvalue weighted by molar-refractivity contribution is -0.128. The number of carbonyl (C=O) groups is 2. The topological polar surface area (TPSA) is 63.6 Å². The maximum absolute atomic E-state index is 13.1. The van der Waals surface area contributed by atoms with Crippen LogP contribution < -0.4 is 10.2 Å². The molecular weight excluding hydrogens is 414 g/mol. The summed E-state index contributed by atoms with van der Waals surface area (Å²) >= 11 is 0. The Kier molecular flexibility index (Phi) is 5.66. The standard InChI is InChI=1S/C27H37N3O3/c1-27(2)20-9-7-18(22(27)13-20)15-28-25(31)19-6-5-11-30(16-19)21-10-8-17-12-24(26(32)33-4)29(3)23(17)14-21/h8,10,12,14,18-20,22H,5-7,9,11,13,15-16H2,1-4H3,(H,28,31)/t18-,19+,20-,22+/m0/s1. The molecule has 4 fully saturated rings. The van der Waals surface area contributed by atoms with Gasteiger partial charge in [-0.25, -0.2) is 4.79 Å². The monoisotopic (exact) mass is 451 g/mol.